The van der Waals surface area contributed by atoms with E-state index in [0.717, 1.165) is 5.69 Å². The van der Waals surface area contributed by atoms with Crippen molar-refractivity contribution in [2.75, 3.05) is 10.5 Å². The monoisotopic (exact) mass is 314 g/mol. The van der Waals surface area contributed by atoms with Crippen LogP contribution in [0.4, 0.5) is 11.4 Å². The summed E-state index contributed by atoms with van der Waals surface area (Å²) in [6.45, 7) is 0. The number of sulfonamides is 1. The quantitative estimate of drug-likeness (QED) is 0.723. The lowest BCUT2D eigenvalue weighted by Gasteiger charge is -2.09. The highest BCUT2D eigenvalue weighted by atomic mass is 32.2. The van der Waals surface area contributed by atoms with Crippen molar-refractivity contribution in [3.05, 3.63) is 67.3 Å². The maximum atomic E-state index is 12.3. The van der Waals surface area contributed by atoms with Crippen molar-refractivity contribution in [3.8, 4) is 5.69 Å². The van der Waals surface area contributed by atoms with E-state index in [1.807, 2.05) is 22.9 Å². The van der Waals surface area contributed by atoms with Crippen LogP contribution in [-0.4, -0.2) is 18.0 Å². The topological polar surface area (TPSA) is 90.0 Å². The standard InChI is InChI=1S/C15H14N4O2S/c16-12-1-7-15(8-2-12)22(20,21)18-13-3-5-14(6-4-13)19-10-9-17-11-19/h1-11,18H,16H2. The third kappa shape index (κ3) is 2.94. The molecule has 6 nitrogen and oxygen atoms in total. The van der Waals surface area contributed by atoms with E-state index in [2.05, 4.69) is 9.71 Å². The molecular weight excluding hydrogens is 300 g/mol. The maximum Gasteiger partial charge on any atom is 0.261 e. The Hall–Kier alpha value is -2.80. The van der Waals surface area contributed by atoms with Crippen molar-refractivity contribution < 1.29 is 8.42 Å². The van der Waals surface area contributed by atoms with Gasteiger partial charge in [0.15, 0.2) is 0 Å². The molecule has 0 radical (unpaired) electrons. The molecule has 0 aliphatic rings. The van der Waals surface area contributed by atoms with E-state index in [1.165, 1.54) is 12.1 Å². The molecule has 0 bridgehead atoms. The predicted octanol–water partition coefficient (Wildman–Crippen LogP) is 2.26. The summed E-state index contributed by atoms with van der Waals surface area (Å²) in [5.74, 6) is 0. The van der Waals surface area contributed by atoms with Crippen molar-refractivity contribution in [2.45, 2.75) is 4.90 Å². The van der Waals surface area contributed by atoms with E-state index in [4.69, 9.17) is 5.73 Å². The molecule has 0 atom stereocenters. The van der Waals surface area contributed by atoms with Crippen LogP contribution >= 0.6 is 0 Å². The highest BCUT2D eigenvalue weighted by Crippen LogP contribution is 2.18. The molecule has 1 heterocycles. The molecule has 0 amide bonds. The van der Waals surface area contributed by atoms with E-state index in [9.17, 15) is 8.42 Å². The van der Waals surface area contributed by atoms with Gasteiger partial charge in [-0.1, -0.05) is 0 Å². The first kappa shape index (κ1) is 14.2. The number of nitrogen functional groups attached to an aromatic ring is 1. The summed E-state index contributed by atoms with van der Waals surface area (Å²) >= 11 is 0. The summed E-state index contributed by atoms with van der Waals surface area (Å²) < 4.78 is 28.9. The summed E-state index contributed by atoms with van der Waals surface area (Å²) in [7, 11) is -3.62. The smallest absolute Gasteiger partial charge is 0.261 e. The number of nitrogens with zero attached hydrogens (tertiary/aromatic N) is 2. The highest BCUT2D eigenvalue weighted by molar-refractivity contribution is 7.92. The normalized spacial score (nSPS) is 11.3. The van der Waals surface area contributed by atoms with Gasteiger partial charge in [0.1, 0.15) is 0 Å². The Morgan fingerprint density at radius 1 is 1.00 bits per heavy atom. The van der Waals surface area contributed by atoms with Gasteiger partial charge in [-0.2, -0.15) is 0 Å². The van der Waals surface area contributed by atoms with Crippen LogP contribution in [0.2, 0.25) is 0 Å². The molecule has 0 fully saturated rings. The number of aromatic nitrogens is 2. The molecule has 3 aromatic rings. The number of anilines is 2. The average Bonchev–Trinajstić information content (AvgIpc) is 3.02. The summed E-state index contributed by atoms with van der Waals surface area (Å²) in [4.78, 5) is 4.14. The first-order valence-electron chi connectivity index (χ1n) is 6.51. The molecule has 3 N–H and O–H groups in total. The first-order chi connectivity index (χ1) is 10.5. The van der Waals surface area contributed by atoms with Crippen LogP contribution in [-0.2, 0) is 10.0 Å². The Balaban J connectivity index is 1.82. The van der Waals surface area contributed by atoms with E-state index < -0.39 is 10.0 Å². The van der Waals surface area contributed by atoms with Crippen LogP contribution in [0.1, 0.15) is 0 Å². The molecular formula is C15H14N4O2S. The zero-order valence-corrected chi connectivity index (χ0v) is 12.4. The van der Waals surface area contributed by atoms with Gasteiger partial charge in [0.2, 0.25) is 0 Å². The third-order valence-electron chi connectivity index (χ3n) is 3.11. The molecule has 0 unspecified atom stereocenters. The van der Waals surface area contributed by atoms with Crippen LogP contribution in [0.25, 0.3) is 5.69 Å². The van der Waals surface area contributed by atoms with Gasteiger partial charge in [0.25, 0.3) is 10.0 Å². The maximum absolute atomic E-state index is 12.3. The number of nitrogens with two attached hydrogens (primary N) is 1. The number of imidazole rings is 1. The molecule has 0 saturated carbocycles. The second kappa shape index (κ2) is 5.53. The van der Waals surface area contributed by atoms with E-state index in [-0.39, 0.29) is 4.90 Å². The Kier molecular flexibility index (Phi) is 3.56. The molecule has 3 rings (SSSR count). The van der Waals surface area contributed by atoms with E-state index in [0.29, 0.717) is 11.4 Å². The van der Waals surface area contributed by atoms with Gasteiger partial charge in [0, 0.05) is 29.5 Å². The number of benzene rings is 2. The number of hydrogen-bond acceptors (Lipinski definition) is 4. The molecule has 0 aliphatic carbocycles. The molecule has 1 aromatic heterocycles. The molecule has 0 saturated heterocycles. The second-order valence-electron chi connectivity index (χ2n) is 4.69. The van der Waals surface area contributed by atoms with Gasteiger partial charge in [0.05, 0.1) is 11.2 Å². The fourth-order valence-electron chi connectivity index (χ4n) is 1.97. The largest absolute Gasteiger partial charge is 0.399 e. The fraction of sp³-hybridized carbons (Fsp3) is 0. The predicted molar refractivity (Wildman–Crippen MR) is 85.2 cm³/mol. The van der Waals surface area contributed by atoms with Gasteiger partial charge in [-0.05, 0) is 48.5 Å². The molecule has 7 heteroatoms. The van der Waals surface area contributed by atoms with Crippen LogP contribution in [0.15, 0.2) is 72.1 Å². The van der Waals surface area contributed by atoms with Crippen LogP contribution < -0.4 is 10.5 Å². The summed E-state index contributed by atoms with van der Waals surface area (Å²) in [5, 5.41) is 0. The molecule has 0 aliphatic heterocycles. The lowest BCUT2D eigenvalue weighted by atomic mass is 10.3. The van der Waals surface area contributed by atoms with E-state index in [1.54, 1.807) is 36.8 Å². The first-order valence-corrected chi connectivity index (χ1v) is 8.00. The Morgan fingerprint density at radius 2 is 1.68 bits per heavy atom. The van der Waals surface area contributed by atoms with Gasteiger partial charge in [-0.25, -0.2) is 13.4 Å². The second-order valence-corrected chi connectivity index (χ2v) is 6.37. The van der Waals surface area contributed by atoms with Gasteiger partial charge in [-0.3, -0.25) is 4.72 Å². The number of hydrogen-bond donors (Lipinski definition) is 2. The molecule has 0 spiro atoms. The number of nitrogens with one attached hydrogen (secondary N) is 1. The van der Waals surface area contributed by atoms with Crippen molar-refractivity contribution in [2.24, 2.45) is 0 Å². The minimum Gasteiger partial charge on any atom is -0.399 e. The lowest BCUT2D eigenvalue weighted by molar-refractivity contribution is 0.601. The lowest BCUT2D eigenvalue weighted by Crippen LogP contribution is -2.12. The number of rotatable bonds is 4. The minimum atomic E-state index is -3.62. The summed E-state index contributed by atoms with van der Waals surface area (Å²) in [5.41, 5.74) is 7.46. The SMILES string of the molecule is Nc1ccc(S(=O)(=O)Nc2ccc(-n3ccnc3)cc2)cc1. The van der Waals surface area contributed by atoms with Gasteiger partial charge < -0.3 is 10.3 Å². The zero-order valence-electron chi connectivity index (χ0n) is 11.5. The Morgan fingerprint density at radius 3 is 2.27 bits per heavy atom. The average molecular weight is 314 g/mol. The molecule has 22 heavy (non-hydrogen) atoms. The van der Waals surface area contributed by atoms with Crippen molar-refractivity contribution in [3.63, 3.8) is 0 Å². The summed E-state index contributed by atoms with van der Waals surface area (Å²) in [6, 6.07) is 13.1. The van der Waals surface area contributed by atoms with Crippen molar-refractivity contribution >= 4 is 21.4 Å². The molecule has 112 valence electrons. The van der Waals surface area contributed by atoms with Crippen LogP contribution in [0, 0.1) is 0 Å². The Bertz CT molecular complexity index is 855. The van der Waals surface area contributed by atoms with Crippen LogP contribution in [0.5, 0.6) is 0 Å². The van der Waals surface area contributed by atoms with E-state index >= 15 is 0 Å². The minimum absolute atomic E-state index is 0.167. The zero-order chi connectivity index (χ0) is 15.6. The third-order valence-corrected chi connectivity index (χ3v) is 4.51. The molecule has 2 aromatic carbocycles. The Labute approximate surface area is 128 Å². The fourth-order valence-corrected chi connectivity index (χ4v) is 3.03. The van der Waals surface area contributed by atoms with Crippen molar-refractivity contribution in [1.29, 1.82) is 0 Å². The van der Waals surface area contributed by atoms with Crippen molar-refractivity contribution in [1.82, 2.24) is 9.55 Å². The van der Waals surface area contributed by atoms with Crippen LogP contribution in [0.3, 0.4) is 0 Å². The summed E-state index contributed by atoms with van der Waals surface area (Å²) in [6.07, 6.45) is 5.17. The highest BCUT2D eigenvalue weighted by Gasteiger charge is 2.13. The van der Waals surface area contributed by atoms with Gasteiger partial charge >= 0.3 is 0 Å². The van der Waals surface area contributed by atoms with Gasteiger partial charge in [-0.15, -0.1) is 0 Å².